The SMILES string of the molecule is Cc1cc(C)c(NC(=O)[C@H](CCS(C)(=O)=O)N2C(=O)c3ccc(Br)cc3C2=O)c(C)c1. The van der Waals surface area contributed by atoms with Crippen molar-refractivity contribution < 1.29 is 22.8 Å². The molecule has 7 nitrogen and oxygen atoms in total. The lowest BCUT2D eigenvalue weighted by Gasteiger charge is -2.26. The molecule has 1 heterocycles. The molecule has 0 radical (unpaired) electrons. The molecule has 1 aliphatic rings. The number of halogens is 1. The Morgan fingerprint density at radius 3 is 2.19 bits per heavy atom. The number of nitrogens with zero attached hydrogens (tertiary/aromatic N) is 1. The molecule has 0 aliphatic carbocycles. The molecule has 0 saturated carbocycles. The minimum atomic E-state index is -3.42. The summed E-state index contributed by atoms with van der Waals surface area (Å²) in [5, 5.41) is 2.81. The van der Waals surface area contributed by atoms with Crippen LogP contribution in [0.5, 0.6) is 0 Å². The molecule has 3 rings (SSSR count). The topological polar surface area (TPSA) is 101 Å². The normalized spacial score (nSPS) is 14.5. The van der Waals surface area contributed by atoms with Crippen molar-refractivity contribution in [1.29, 1.82) is 0 Å². The van der Waals surface area contributed by atoms with E-state index in [2.05, 4.69) is 21.2 Å². The van der Waals surface area contributed by atoms with Gasteiger partial charge >= 0.3 is 0 Å². The molecular formula is C22H23BrN2O5S. The van der Waals surface area contributed by atoms with Gasteiger partial charge in [0.15, 0.2) is 0 Å². The van der Waals surface area contributed by atoms with Gasteiger partial charge in [0.25, 0.3) is 11.8 Å². The average molecular weight is 507 g/mol. The molecule has 0 spiro atoms. The van der Waals surface area contributed by atoms with Crippen LogP contribution in [-0.2, 0) is 14.6 Å². The fourth-order valence-electron chi connectivity index (χ4n) is 3.80. The molecule has 0 aromatic heterocycles. The van der Waals surface area contributed by atoms with Crippen molar-refractivity contribution in [1.82, 2.24) is 4.90 Å². The van der Waals surface area contributed by atoms with Crippen molar-refractivity contribution in [3.63, 3.8) is 0 Å². The predicted octanol–water partition coefficient (Wildman–Crippen LogP) is 3.41. The second-order valence-electron chi connectivity index (χ2n) is 7.87. The Morgan fingerprint density at radius 2 is 1.61 bits per heavy atom. The van der Waals surface area contributed by atoms with E-state index in [1.54, 1.807) is 6.07 Å². The van der Waals surface area contributed by atoms with E-state index in [1.807, 2.05) is 32.9 Å². The lowest BCUT2D eigenvalue weighted by Crippen LogP contribution is -2.48. The molecule has 3 amide bonds. The Hall–Kier alpha value is -2.52. The van der Waals surface area contributed by atoms with E-state index in [9.17, 15) is 22.8 Å². The van der Waals surface area contributed by atoms with Crippen LogP contribution >= 0.6 is 15.9 Å². The first-order valence-electron chi connectivity index (χ1n) is 9.63. The van der Waals surface area contributed by atoms with Gasteiger partial charge in [0, 0.05) is 16.4 Å². The van der Waals surface area contributed by atoms with E-state index >= 15 is 0 Å². The Bertz CT molecular complexity index is 1180. The van der Waals surface area contributed by atoms with Crippen LogP contribution in [0.2, 0.25) is 0 Å². The molecule has 2 aromatic carbocycles. The minimum absolute atomic E-state index is 0.180. The second kappa shape index (κ2) is 8.55. The number of amides is 3. The number of aryl methyl sites for hydroxylation is 3. The summed E-state index contributed by atoms with van der Waals surface area (Å²) in [6.45, 7) is 5.64. The van der Waals surface area contributed by atoms with Crippen molar-refractivity contribution >= 4 is 49.2 Å². The number of carbonyl (C=O) groups is 3. The molecule has 0 bridgehead atoms. The second-order valence-corrected chi connectivity index (χ2v) is 11.0. The summed E-state index contributed by atoms with van der Waals surface area (Å²) >= 11 is 3.28. The van der Waals surface area contributed by atoms with E-state index < -0.39 is 33.6 Å². The van der Waals surface area contributed by atoms with Gasteiger partial charge in [0.1, 0.15) is 15.9 Å². The predicted molar refractivity (Wildman–Crippen MR) is 122 cm³/mol. The summed E-state index contributed by atoms with van der Waals surface area (Å²) in [5.74, 6) is -2.17. The third-order valence-corrected chi connectivity index (χ3v) is 6.65. The number of hydrogen-bond donors (Lipinski definition) is 1. The van der Waals surface area contributed by atoms with E-state index in [0.717, 1.165) is 27.8 Å². The van der Waals surface area contributed by atoms with Crippen LogP contribution in [0.3, 0.4) is 0 Å². The van der Waals surface area contributed by atoms with Gasteiger partial charge in [0.2, 0.25) is 5.91 Å². The highest BCUT2D eigenvalue weighted by molar-refractivity contribution is 9.10. The quantitative estimate of drug-likeness (QED) is 0.604. The van der Waals surface area contributed by atoms with Gasteiger partial charge in [-0.2, -0.15) is 0 Å². The Balaban J connectivity index is 1.98. The molecule has 1 aliphatic heterocycles. The number of nitrogens with one attached hydrogen (secondary N) is 1. The Morgan fingerprint density at radius 1 is 1.03 bits per heavy atom. The molecule has 1 atom stereocenters. The monoisotopic (exact) mass is 506 g/mol. The van der Waals surface area contributed by atoms with Crippen molar-refractivity contribution in [2.75, 3.05) is 17.3 Å². The zero-order chi connectivity index (χ0) is 23.1. The summed E-state index contributed by atoms with van der Waals surface area (Å²) in [6.07, 6.45) is 0.858. The van der Waals surface area contributed by atoms with Crippen molar-refractivity contribution in [3.05, 3.63) is 62.6 Å². The van der Waals surface area contributed by atoms with Gasteiger partial charge in [-0.25, -0.2) is 8.42 Å². The maximum atomic E-state index is 13.3. The maximum Gasteiger partial charge on any atom is 0.262 e. The maximum absolute atomic E-state index is 13.3. The van der Waals surface area contributed by atoms with Gasteiger partial charge in [-0.15, -0.1) is 0 Å². The van der Waals surface area contributed by atoms with E-state index in [-0.39, 0.29) is 23.3 Å². The largest absolute Gasteiger partial charge is 0.324 e. The number of rotatable bonds is 6. The number of imide groups is 1. The number of fused-ring (bicyclic) bond motifs is 1. The van der Waals surface area contributed by atoms with Crippen LogP contribution in [0, 0.1) is 20.8 Å². The number of hydrogen-bond acceptors (Lipinski definition) is 5. The fraction of sp³-hybridized carbons (Fsp3) is 0.318. The zero-order valence-corrected chi connectivity index (χ0v) is 20.1. The lowest BCUT2D eigenvalue weighted by atomic mass is 10.0. The molecule has 0 fully saturated rings. The molecule has 0 saturated heterocycles. The van der Waals surface area contributed by atoms with Gasteiger partial charge in [-0.05, 0) is 56.5 Å². The minimum Gasteiger partial charge on any atom is -0.324 e. The molecule has 1 N–H and O–H groups in total. The Kier molecular flexibility index (Phi) is 6.38. The number of benzene rings is 2. The molecule has 31 heavy (non-hydrogen) atoms. The third-order valence-electron chi connectivity index (χ3n) is 5.18. The molecular weight excluding hydrogens is 484 g/mol. The smallest absolute Gasteiger partial charge is 0.262 e. The zero-order valence-electron chi connectivity index (χ0n) is 17.7. The van der Waals surface area contributed by atoms with Gasteiger partial charge in [-0.1, -0.05) is 33.6 Å². The van der Waals surface area contributed by atoms with E-state index in [4.69, 9.17) is 0 Å². The summed E-state index contributed by atoms with van der Waals surface area (Å²) < 4.78 is 24.2. The van der Waals surface area contributed by atoms with Gasteiger partial charge < -0.3 is 5.32 Å². The highest BCUT2D eigenvalue weighted by atomic mass is 79.9. The first-order chi connectivity index (χ1) is 14.4. The number of sulfone groups is 1. The van der Waals surface area contributed by atoms with Crippen LogP contribution in [0.15, 0.2) is 34.8 Å². The molecule has 9 heteroatoms. The number of carbonyl (C=O) groups excluding carboxylic acids is 3. The summed E-state index contributed by atoms with van der Waals surface area (Å²) in [4.78, 5) is 40.1. The standard InChI is InChI=1S/C22H23BrN2O5S/c1-12-9-13(2)19(14(3)10-12)24-20(26)18(7-8-31(4,29)30)25-21(27)16-6-5-15(23)11-17(16)22(25)28/h5-6,9-11,18H,7-8H2,1-4H3,(H,24,26)/t18-/m0/s1. The molecule has 2 aromatic rings. The molecule has 164 valence electrons. The van der Waals surface area contributed by atoms with Crippen molar-refractivity contribution in [2.24, 2.45) is 0 Å². The first-order valence-corrected chi connectivity index (χ1v) is 12.5. The number of anilines is 1. The van der Waals surface area contributed by atoms with Crippen LogP contribution in [-0.4, -0.2) is 49.1 Å². The van der Waals surface area contributed by atoms with E-state index in [1.165, 1.54) is 12.1 Å². The van der Waals surface area contributed by atoms with Crippen LogP contribution in [0.25, 0.3) is 0 Å². The summed E-state index contributed by atoms with van der Waals surface area (Å²) in [7, 11) is -3.42. The van der Waals surface area contributed by atoms with Crippen LogP contribution in [0.1, 0.15) is 43.8 Å². The summed E-state index contributed by atoms with van der Waals surface area (Å²) in [6, 6.07) is 7.23. The highest BCUT2D eigenvalue weighted by Crippen LogP contribution is 2.30. The summed E-state index contributed by atoms with van der Waals surface area (Å²) in [5.41, 5.74) is 3.65. The average Bonchev–Trinajstić information content (AvgIpc) is 2.88. The van der Waals surface area contributed by atoms with E-state index in [0.29, 0.717) is 10.2 Å². The van der Waals surface area contributed by atoms with Crippen molar-refractivity contribution in [2.45, 2.75) is 33.2 Å². The van der Waals surface area contributed by atoms with Crippen LogP contribution < -0.4 is 5.32 Å². The third kappa shape index (κ3) is 4.88. The first kappa shape index (κ1) is 23.1. The van der Waals surface area contributed by atoms with Crippen molar-refractivity contribution in [3.8, 4) is 0 Å². The van der Waals surface area contributed by atoms with Gasteiger partial charge in [-0.3, -0.25) is 19.3 Å². The highest BCUT2D eigenvalue weighted by Gasteiger charge is 2.43. The van der Waals surface area contributed by atoms with Crippen LogP contribution in [0.4, 0.5) is 5.69 Å². The lowest BCUT2D eigenvalue weighted by molar-refractivity contribution is -0.120. The fourth-order valence-corrected chi connectivity index (χ4v) is 4.81. The Labute approximate surface area is 189 Å². The molecule has 0 unspecified atom stereocenters. The van der Waals surface area contributed by atoms with Gasteiger partial charge in [0.05, 0.1) is 16.9 Å².